The van der Waals surface area contributed by atoms with Crippen molar-refractivity contribution in [1.82, 2.24) is 14.9 Å². The van der Waals surface area contributed by atoms with Crippen molar-refractivity contribution in [2.45, 2.75) is 25.9 Å². The SMILES string of the molecule is Cc1ccsc1C(=O)N1CCOC(CCc2cc(=O)[nH]cn2)C1. The normalized spacial score (nSPS) is 18.1. The largest absolute Gasteiger partial charge is 0.375 e. The van der Waals surface area contributed by atoms with E-state index in [1.54, 1.807) is 0 Å². The smallest absolute Gasteiger partial charge is 0.264 e. The van der Waals surface area contributed by atoms with E-state index in [0.717, 1.165) is 22.6 Å². The Labute approximate surface area is 138 Å². The summed E-state index contributed by atoms with van der Waals surface area (Å²) in [5, 5.41) is 1.94. The quantitative estimate of drug-likeness (QED) is 0.922. The van der Waals surface area contributed by atoms with E-state index < -0.39 is 0 Å². The molecule has 1 amide bonds. The van der Waals surface area contributed by atoms with Gasteiger partial charge in [0.25, 0.3) is 11.5 Å². The molecule has 0 spiro atoms. The van der Waals surface area contributed by atoms with E-state index in [2.05, 4.69) is 9.97 Å². The minimum absolute atomic E-state index is 0.0194. The number of hydrogen-bond donors (Lipinski definition) is 1. The summed E-state index contributed by atoms with van der Waals surface area (Å²) in [6, 6.07) is 3.47. The molecule has 0 bridgehead atoms. The zero-order chi connectivity index (χ0) is 16.2. The van der Waals surface area contributed by atoms with Gasteiger partial charge in [-0.2, -0.15) is 0 Å². The molecular formula is C16H19N3O3S. The molecule has 0 saturated carbocycles. The Morgan fingerprint density at radius 3 is 3.17 bits per heavy atom. The number of morpholine rings is 1. The van der Waals surface area contributed by atoms with Gasteiger partial charge >= 0.3 is 0 Å². The molecule has 2 aromatic heterocycles. The Kier molecular flexibility index (Phi) is 4.88. The maximum atomic E-state index is 12.6. The Bertz CT molecular complexity index is 740. The Hall–Kier alpha value is -1.99. The molecule has 0 aliphatic carbocycles. The molecule has 6 nitrogen and oxygen atoms in total. The molecule has 1 saturated heterocycles. The molecule has 2 aromatic rings. The van der Waals surface area contributed by atoms with E-state index >= 15 is 0 Å². The number of nitrogens with one attached hydrogen (secondary N) is 1. The molecule has 122 valence electrons. The van der Waals surface area contributed by atoms with Crippen LogP contribution in [0.3, 0.4) is 0 Å². The standard InChI is InChI=1S/C16H19N3O3S/c1-11-4-7-23-15(11)16(21)19-5-6-22-13(9-19)3-2-12-8-14(20)18-10-17-12/h4,7-8,10,13H,2-3,5-6,9H2,1H3,(H,17,18,20). The first-order chi connectivity index (χ1) is 11.1. The maximum absolute atomic E-state index is 12.6. The fourth-order valence-electron chi connectivity index (χ4n) is 2.67. The van der Waals surface area contributed by atoms with Gasteiger partial charge in [-0.1, -0.05) is 0 Å². The van der Waals surface area contributed by atoms with E-state index in [1.807, 2.05) is 23.3 Å². The summed E-state index contributed by atoms with van der Waals surface area (Å²) < 4.78 is 5.75. The van der Waals surface area contributed by atoms with Gasteiger partial charge < -0.3 is 14.6 Å². The molecule has 0 radical (unpaired) electrons. The van der Waals surface area contributed by atoms with Crippen LogP contribution in [0.1, 0.15) is 27.3 Å². The molecular weight excluding hydrogens is 314 g/mol. The van der Waals surface area contributed by atoms with Gasteiger partial charge in [-0.3, -0.25) is 9.59 Å². The maximum Gasteiger partial charge on any atom is 0.264 e. The molecule has 23 heavy (non-hydrogen) atoms. The number of aromatic amines is 1. The first-order valence-corrected chi connectivity index (χ1v) is 8.50. The van der Waals surface area contributed by atoms with Crippen molar-refractivity contribution in [1.29, 1.82) is 0 Å². The average Bonchev–Trinajstić information content (AvgIpc) is 2.99. The highest BCUT2D eigenvalue weighted by Gasteiger charge is 2.26. The number of carbonyl (C=O) groups is 1. The summed E-state index contributed by atoms with van der Waals surface area (Å²) in [6.07, 6.45) is 2.79. The topological polar surface area (TPSA) is 75.3 Å². The highest BCUT2D eigenvalue weighted by molar-refractivity contribution is 7.12. The van der Waals surface area contributed by atoms with Gasteiger partial charge in [0.15, 0.2) is 0 Å². The number of nitrogens with zero attached hydrogens (tertiary/aromatic N) is 2. The van der Waals surface area contributed by atoms with E-state index in [0.29, 0.717) is 26.1 Å². The third kappa shape index (κ3) is 3.86. The summed E-state index contributed by atoms with van der Waals surface area (Å²) in [7, 11) is 0. The van der Waals surface area contributed by atoms with Gasteiger partial charge in [0, 0.05) is 24.8 Å². The first kappa shape index (κ1) is 15.9. The molecule has 1 atom stereocenters. The van der Waals surface area contributed by atoms with Gasteiger partial charge in [-0.05, 0) is 36.8 Å². The second kappa shape index (κ2) is 7.06. The van der Waals surface area contributed by atoms with Crippen LogP contribution in [0.2, 0.25) is 0 Å². The monoisotopic (exact) mass is 333 g/mol. The second-order valence-electron chi connectivity index (χ2n) is 5.62. The van der Waals surface area contributed by atoms with Crippen molar-refractivity contribution in [3.05, 3.63) is 50.3 Å². The minimum Gasteiger partial charge on any atom is -0.375 e. The lowest BCUT2D eigenvalue weighted by atomic mass is 10.1. The lowest BCUT2D eigenvalue weighted by molar-refractivity contribution is -0.0245. The van der Waals surface area contributed by atoms with Crippen LogP contribution in [-0.2, 0) is 11.2 Å². The highest BCUT2D eigenvalue weighted by Crippen LogP contribution is 2.20. The summed E-state index contributed by atoms with van der Waals surface area (Å²) >= 11 is 1.48. The summed E-state index contributed by atoms with van der Waals surface area (Å²) in [5.41, 5.74) is 1.62. The number of carbonyl (C=O) groups excluding carboxylic acids is 1. The third-order valence-electron chi connectivity index (χ3n) is 3.94. The van der Waals surface area contributed by atoms with Gasteiger partial charge in [-0.25, -0.2) is 4.98 Å². The number of hydrogen-bond acceptors (Lipinski definition) is 5. The summed E-state index contributed by atoms with van der Waals surface area (Å²) in [6.45, 7) is 3.71. The molecule has 1 aliphatic heterocycles. The van der Waals surface area contributed by atoms with Crippen molar-refractivity contribution >= 4 is 17.2 Å². The molecule has 7 heteroatoms. The molecule has 1 fully saturated rings. The number of rotatable bonds is 4. The van der Waals surface area contributed by atoms with Gasteiger partial charge in [0.05, 0.1) is 23.9 Å². The lowest BCUT2D eigenvalue weighted by Gasteiger charge is -2.33. The predicted octanol–water partition coefficient (Wildman–Crippen LogP) is 1.61. The van der Waals surface area contributed by atoms with Gasteiger partial charge in [0.1, 0.15) is 0 Å². The van der Waals surface area contributed by atoms with Crippen LogP contribution in [0, 0.1) is 6.92 Å². The van der Waals surface area contributed by atoms with Gasteiger partial charge in [-0.15, -0.1) is 11.3 Å². The van der Waals surface area contributed by atoms with E-state index in [4.69, 9.17) is 4.74 Å². The van der Waals surface area contributed by atoms with Crippen LogP contribution in [0.5, 0.6) is 0 Å². The minimum atomic E-state index is -0.149. The highest BCUT2D eigenvalue weighted by atomic mass is 32.1. The summed E-state index contributed by atoms with van der Waals surface area (Å²) in [4.78, 5) is 33.1. The van der Waals surface area contributed by atoms with Crippen molar-refractivity contribution in [3.63, 3.8) is 0 Å². The Balaban J connectivity index is 1.59. The number of H-pyrrole nitrogens is 1. The van der Waals surface area contributed by atoms with Crippen LogP contribution in [0.15, 0.2) is 28.6 Å². The van der Waals surface area contributed by atoms with E-state index in [1.165, 1.54) is 23.7 Å². The van der Waals surface area contributed by atoms with E-state index in [-0.39, 0.29) is 17.6 Å². The number of ether oxygens (including phenoxy) is 1. The van der Waals surface area contributed by atoms with Crippen LogP contribution < -0.4 is 5.56 Å². The number of thiophene rings is 1. The molecule has 1 aliphatic rings. The summed E-state index contributed by atoms with van der Waals surface area (Å²) in [5.74, 6) is 0.0834. The average molecular weight is 333 g/mol. The Morgan fingerprint density at radius 1 is 1.57 bits per heavy atom. The zero-order valence-corrected chi connectivity index (χ0v) is 13.8. The second-order valence-corrected chi connectivity index (χ2v) is 6.53. The third-order valence-corrected chi connectivity index (χ3v) is 4.94. The molecule has 1 N–H and O–H groups in total. The molecule has 3 rings (SSSR count). The first-order valence-electron chi connectivity index (χ1n) is 7.62. The van der Waals surface area contributed by atoms with Crippen LogP contribution >= 0.6 is 11.3 Å². The van der Waals surface area contributed by atoms with E-state index in [9.17, 15) is 9.59 Å². The predicted molar refractivity (Wildman–Crippen MR) is 87.9 cm³/mol. The molecule has 3 heterocycles. The fourth-order valence-corrected chi connectivity index (χ4v) is 3.56. The number of aromatic nitrogens is 2. The molecule has 1 unspecified atom stereocenters. The van der Waals surface area contributed by atoms with Crippen molar-refractivity contribution in [2.24, 2.45) is 0 Å². The number of aryl methyl sites for hydroxylation is 2. The van der Waals surface area contributed by atoms with Crippen LogP contribution in [-0.4, -0.2) is 46.6 Å². The zero-order valence-electron chi connectivity index (χ0n) is 12.9. The lowest BCUT2D eigenvalue weighted by Crippen LogP contribution is -2.45. The van der Waals surface area contributed by atoms with Crippen molar-refractivity contribution in [3.8, 4) is 0 Å². The van der Waals surface area contributed by atoms with Crippen LogP contribution in [0.4, 0.5) is 0 Å². The fraction of sp³-hybridized carbons (Fsp3) is 0.438. The van der Waals surface area contributed by atoms with Gasteiger partial charge in [0.2, 0.25) is 0 Å². The molecule has 0 aromatic carbocycles. The number of amides is 1. The van der Waals surface area contributed by atoms with Crippen molar-refractivity contribution in [2.75, 3.05) is 19.7 Å². The van der Waals surface area contributed by atoms with Crippen LogP contribution in [0.25, 0.3) is 0 Å². The van der Waals surface area contributed by atoms with Crippen molar-refractivity contribution < 1.29 is 9.53 Å². The Morgan fingerprint density at radius 2 is 2.43 bits per heavy atom.